The van der Waals surface area contributed by atoms with Crippen molar-refractivity contribution in [1.82, 2.24) is 15.1 Å². The molecule has 24 heavy (non-hydrogen) atoms. The molecule has 1 aromatic rings. The zero-order valence-corrected chi connectivity index (χ0v) is 14.0. The van der Waals surface area contributed by atoms with Crippen LogP contribution in [0, 0.1) is 5.82 Å². The Balaban J connectivity index is 1.44. The van der Waals surface area contributed by atoms with Crippen molar-refractivity contribution in [3.8, 4) is 0 Å². The van der Waals surface area contributed by atoms with Gasteiger partial charge in [0.15, 0.2) is 0 Å². The Morgan fingerprint density at radius 3 is 2.88 bits per heavy atom. The first-order valence-electron chi connectivity index (χ1n) is 8.82. The number of hydrogen-bond acceptors (Lipinski definition) is 3. The van der Waals surface area contributed by atoms with Gasteiger partial charge in [-0.05, 0) is 31.9 Å². The maximum atomic E-state index is 13.6. The molecule has 2 amide bonds. The minimum absolute atomic E-state index is 0.114. The summed E-state index contributed by atoms with van der Waals surface area (Å²) < 4.78 is 19.3. The van der Waals surface area contributed by atoms with Gasteiger partial charge >= 0.3 is 6.03 Å². The van der Waals surface area contributed by atoms with Crippen LogP contribution in [-0.4, -0.2) is 61.3 Å². The number of nitrogens with one attached hydrogen (secondary N) is 1. The molecule has 2 fully saturated rings. The number of hydrogen-bond donors (Lipinski definition) is 1. The van der Waals surface area contributed by atoms with Crippen LogP contribution in [0.1, 0.15) is 24.8 Å². The van der Waals surface area contributed by atoms with E-state index in [1.54, 1.807) is 18.2 Å². The van der Waals surface area contributed by atoms with Gasteiger partial charge in [0.05, 0.1) is 6.10 Å². The molecule has 2 aliphatic heterocycles. The second-order valence-electron chi connectivity index (χ2n) is 6.53. The van der Waals surface area contributed by atoms with E-state index in [1.807, 2.05) is 4.90 Å². The summed E-state index contributed by atoms with van der Waals surface area (Å²) in [6.45, 7) is 5.38. The molecule has 2 saturated heterocycles. The molecule has 2 aliphatic rings. The standard InChI is InChI=1S/C18H26FN3O2/c19-17-7-2-1-5-15(17)13-20-18(23)22-9-4-8-21(10-11-22)14-16-6-3-12-24-16/h1-2,5,7,16H,3-4,6,8-14H2,(H,20,23). The van der Waals surface area contributed by atoms with Crippen molar-refractivity contribution >= 4 is 6.03 Å². The zero-order valence-electron chi connectivity index (χ0n) is 14.0. The van der Waals surface area contributed by atoms with E-state index in [0.717, 1.165) is 52.0 Å². The quantitative estimate of drug-likeness (QED) is 0.918. The minimum Gasteiger partial charge on any atom is -0.377 e. The lowest BCUT2D eigenvalue weighted by atomic mass is 10.2. The normalized spacial score (nSPS) is 22.4. The Morgan fingerprint density at radius 2 is 2.08 bits per heavy atom. The number of carbonyl (C=O) groups excluding carboxylic acids is 1. The molecular formula is C18H26FN3O2. The van der Waals surface area contributed by atoms with Gasteiger partial charge in [-0.1, -0.05) is 18.2 Å². The van der Waals surface area contributed by atoms with Crippen molar-refractivity contribution < 1.29 is 13.9 Å². The van der Waals surface area contributed by atoms with E-state index in [9.17, 15) is 9.18 Å². The molecule has 0 aliphatic carbocycles. The average Bonchev–Trinajstić information content (AvgIpc) is 2.98. The summed E-state index contributed by atoms with van der Waals surface area (Å²) in [5.41, 5.74) is 0.515. The van der Waals surface area contributed by atoms with Gasteiger partial charge in [0.25, 0.3) is 0 Å². The van der Waals surface area contributed by atoms with E-state index in [-0.39, 0.29) is 18.4 Å². The Hall–Kier alpha value is -1.66. The Morgan fingerprint density at radius 1 is 1.21 bits per heavy atom. The monoisotopic (exact) mass is 335 g/mol. The number of benzene rings is 1. The number of urea groups is 1. The summed E-state index contributed by atoms with van der Waals surface area (Å²) in [5, 5.41) is 2.83. The Bertz CT molecular complexity index is 549. The van der Waals surface area contributed by atoms with Crippen molar-refractivity contribution in [2.24, 2.45) is 0 Å². The fourth-order valence-corrected chi connectivity index (χ4v) is 3.36. The van der Waals surface area contributed by atoms with Crippen LogP contribution < -0.4 is 5.32 Å². The van der Waals surface area contributed by atoms with E-state index in [2.05, 4.69) is 10.2 Å². The maximum Gasteiger partial charge on any atom is 0.317 e. The molecule has 0 radical (unpaired) electrons. The van der Waals surface area contributed by atoms with E-state index < -0.39 is 0 Å². The van der Waals surface area contributed by atoms with Crippen molar-refractivity contribution in [3.05, 3.63) is 35.6 Å². The minimum atomic E-state index is -0.281. The van der Waals surface area contributed by atoms with Gasteiger partial charge in [-0.15, -0.1) is 0 Å². The second kappa shape index (κ2) is 8.44. The maximum absolute atomic E-state index is 13.6. The van der Waals surface area contributed by atoms with E-state index in [4.69, 9.17) is 4.74 Å². The van der Waals surface area contributed by atoms with Gasteiger partial charge in [0.1, 0.15) is 5.82 Å². The highest BCUT2D eigenvalue weighted by Crippen LogP contribution is 2.14. The molecule has 3 rings (SSSR count). The fourth-order valence-electron chi connectivity index (χ4n) is 3.36. The largest absolute Gasteiger partial charge is 0.377 e. The smallest absolute Gasteiger partial charge is 0.317 e. The van der Waals surface area contributed by atoms with Crippen LogP contribution in [0.2, 0.25) is 0 Å². The number of amides is 2. The summed E-state index contributed by atoms with van der Waals surface area (Å²) in [7, 11) is 0. The third-order valence-corrected chi connectivity index (χ3v) is 4.75. The SMILES string of the molecule is O=C(NCc1ccccc1F)N1CCCN(CC2CCCO2)CC1. The van der Waals surface area contributed by atoms with Gasteiger partial charge in [-0.3, -0.25) is 4.90 Å². The third kappa shape index (κ3) is 4.68. The van der Waals surface area contributed by atoms with Gasteiger partial charge in [0, 0.05) is 44.9 Å². The molecule has 6 heteroatoms. The lowest BCUT2D eigenvalue weighted by molar-refractivity contribution is 0.0746. The number of halogens is 1. The predicted molar refractivity (Wildman–Crippen MR) is 90.2 cm³/mol. The molecule has 0 aromatic heterocycles. The first kappa shape index (κ1) is 17.2. The van der Waals surface area contributed by atoms with Crippen molar-refractivity contribution in [2.45, 2.75) is 31.9 Å². The van der Waals surface area contributed by atoms with Gasteiger partial charge in [-0.2, -0.15) is 0 Å². The van der Waals surface area contributed by atoms with Crippen LogP contribution in [-0.2, 0) is 11.3 Å². The van der Waals surface area contributed by atoms with Crippen molar-refractivity contribution in [2.75, 3.05) is 39.3 Å². The molecule has 1 N–H and O–H groups in total. The molecule has 5 nitrogen and oxygen atoms in total. The molecule has 132 valence electrons. The first-order chi connectivity index (χ1) is 11.7. The van der Waals surface area contributed by atoms with Crippen LogP contribution in [0.5, 0.6) is 0 Å². The molecule has 0 bridgehead atoms. The molecular weight excluding hydrogens is 309 g/mol. The fraction of sp³-hybridized carbons (Fsp3) is 0.611. The molecule has 1 aromatic carbocycles. The number of carbonyl (C=O) groups is 1. The van der Waals surface area contributed by atoms with Crippen LogP contribution >= 0.6 is 0 Å². The van der Waals surface area contributed by atoms with Gasteiger partial charge < -0.3 is 15.0 Å². The summed E-state index contributed by atoms with van der Waals surface area (Å²) in [6.07, 6.45) is 3.61. The van der Waals surface area contributed by atoms with E-state index in [1.165, 1.54) is 6.07 Å². The average molecular weight is 335 g/mol. The van der Waals surface area contributed by atoms with Crippen LogP contribution in [0.25, 0.3) is 0 Å². The highest BCUT2D eigenvalue weighted by Gasteiger charge is 2.23. The lowest BCUT2D eigenvalue weighted by Gasteiger charge is -2.24. The van der Waals surface area contributed by atoms with Gasteiger partial charge in [0.2, 0.25) is 0 Å². The number of ether oxygens (including phenoxy) is 1. The molecule has 0 saturated carbocycles. The van der Waals surface area contributed by atoms with Crippen molar-refractivity contribution in [1.29, 1.82) is 0 Å². The zero-order chi connectivity index (χ0) is 16.8. The summed E-state index contributed by atoms with van der Waals surface area (Å²) in [5.74, 6) is -0.281. The van der Waals surface area contributed by atoms with Crippen LogP contribution in [0.3, 0.4) is 0 Å². The Kier molecular flexibility index (Phi) is 6.04. The second-order valence-corrected chi connectivity index (χ2v) is 6.53. The lowest BCUT2D eigenvalue weighted by Crippen LogP contribution is -2.42. The third-order valence-electron chi connectivity index (χ3n) is 4.75. The van der Waals surface area contributed by atoms with E-state index in [0.29, 0.717) is 18.2 Å². The topological polar surface area (TPSA) is 44.8 Å². The van der Waals surface area contributed by atoms with Crippen LogP contribution in [0.15, 0.2) is 24.3 Å². The summed E-state index contributed by atoms with van der Waals surface area (Å²) >= 11 is 0. The molecule has 1 atom stereocenters. The first-order valence-corrected chi connectivity index (χ1v) is 8.82. The summed E-state index contributed by atoms with van der Waals surface area (Å²) in [6, 6.07) is 6.42. The predicted octanol–water partition coefficient (Wildman–Crippen LogP) is 2.22. The highest BCUT2D eigenvalue weighted by molar-refractivity contribution is 5.74. The van der Waals surface area contributed by atoms with Crippen molar-refractivity contribution in [3.63, 3.8) is 0 Å². The summed E-state index contributed by atoms with van der Waals surface area (Å²) in [4.78, 5) is 16.6. The Labute approximate surface area is 142 Å². The highest BCUT2D eigenvalue weighted by atomic mass is 19.1. The van der Waals surface area contributed by atoms with E-state index >= 15 is 0 Å². The van der Waals surface area contributed by atoms with Gasteiger partial charge in [-0.25, -0.2) is 9.18 Å². The van der Waals surface area contributed by atoms with Crippen LogP contribution in [0.4, 0.5) is 9.18 Å². The molecule has 0 spiro atoms. The number of nitrogens with zero attached hydrogens (tertiary/aromatic N) is 2. The molecule has 2 heterocycles. The molecule has 1 unspecified atom stereocenters. The number of rotatable bonds is 4.